The first-order valence-corrected chi connectivity index (χ1v) is 10.7. The molecule has 0 saturated carbocycles. The number of amides is 2. The van der Waals surface area contributed by atoms with Gasteiger partial charge in [-0.3, -0.25) is 14.5 Å². The number of ether oxygens (including phenoxy) is 2. The van der Waals surface area contributed by atoms with E-state index in [1.54, 1.807) is 30.3 Å². The molecule has 1 aliphatic rings. The standard InChI is InChI=1S/C21H17FINO5S/c1-12(20(26)28-2)24-19(25)18(30-21(24)27)10-14-5-8-17(16(23)9-14)29-11-13-3-6-15(22)7-4-13/h3-10,12H,11H2,1-2H3/b18-10+/t12-/m1/s1. The quantitative estimate of drug-likeness (QED) is 0.302. The van der Waals surface area contributed by atoms with Crippen LogP contribution in [0.1, 0.15) is 18.1 Å². The van der Waals surface area contributed by atoms with Crippen molar-refractivity contribution in [2.24, 2.45) is 0 Å². The van der Waals surface area contributed by atoms with Crippen LogP contribution in [0.4, 0.5) is 9.18 Å². The van der Waals surface area contributed by atoms with E-state index in [1.165, 1.54) is 26.2 Å². The zero-order valence-electron chi connectivity index (χ0n) is 16.1. The Morgan fingerprint density at radius 3 is 2.57 bits per heavy atom. The molecule has 1 saturated heterocycles. The molecule has 1 heterocycles. The van der Waals surface area contributed by atoms with E-state index in [0.717, 1.165) is 25.8 Å². The summed E-state index contributed by atoms with van der Waals surface area (Å²) < 4.78 is 24.2. The number of rotatable bonds is 6. The van der Waals surface area contributed by atoms with Gasteiger partial charge in [0.15, 0.2) is 0 Å². The summed E-state index contributed by atoms with van der Waals surface area (Å²) in [6, 6.07) is 10.4. The van der Waals surface area contributed by atoms with Crippen LogP contribution in [-0.4, -0.2) is 35.2 Å². The van der Waals surface area contributed by atoms with Crippen LogP contribution in [0.2, 0.25) is 0 Å². The largest absolute Gasteiger partial charge is 0.488 e. The van der Waals surface area contributed by atoms with Crippen molar-refractivity contribution in [2.75, 3.05) is 7.11 Å². The molecule has 9 heteroatoms. The molecular weight excluding hydrogens is 524 g/mol. The highest BCUT2D eigenvalue weighted by atomic mass is 127. The molecule has 0 N–H and O–H groups in total. The Labute approximate surface area is 190 Å². The molecule has 1 fully saturated rings. The molecule has 1 aliphatic heterocycles. The van der Waals surface area contributed by atoms with Crippen LogP contribution < -0.4 is 4.74 Å². The van der Waals surface area contributed by atoms with Gasteiger partial charge in [0.25, 0.3) is 11.1 Å². The van der Waals surface area contributed by atoms with E-state index in [0.29, 0.717) is 17.9 Å². The number of halogens is 2. The molecule has 0 bridgehead atoms. The molecule has 0 radical (unpaired) electrons. The lowest BCUT2D eigenvalue weighted by Crippen LogP contribution is -2.42. The summed E-state index contributed by atoms with van der Waals surface area (Å²) in [7, 11) is 1.20. The molecular formula is C21H17FINO5S. The van der Waals surface area contributed by atoms with Gasteiger partial charge in [0.05, 0.1) is 15.6 Å². The monoisotopic (exact) mass is 541 g/mol. The van der Waals surface area contributed by atoms with Gasteiger partial charge in [-0.2, -0.15) is 0 Å². The molecule has 156 valence electrons. The van der Waals surface area contributed by atoms with E-state index in [4.69, 9.17) is 4.74 Å². The number of hydrogen-bond acceptors (Lipinski definition) is 6. The molecule has 0 aliphatic carbocycles. The van der Waals surface area contributed by atoms with Gasteiger partial charge in [-0.25, -0.2) is 9.18 Å². The Hall–Kier alpha value is -2.40. The maximum absolute atomic E-state index is 13.0. The molecule has 1 atom stereocenters. The molecule has 0 aromatic heterocycles. The van der Waals surface area contributed by atoms with Gasteiger partial charge >= 0.3 is 5.97 Å². The van der Waals surface area contributed by atoms with E-state index in [-0.39, 0.29) is 10.7 Å². The summed E-state index contributed by atoms with van der Waals surface area (Å²) >= 11 is 2.89. The number of esters is 1. The second-order valence-corrected chi connectivity index (χ2v) is 8.51. The summed E-state index contributed by atoms with van der Waals surface area (Å²) in [6.07, 6.45) is 1.60. The maximum Gasteiger partial charge on any atom is 0.328 e. The van der Waals surface area contributed by atoms with Crippen molar-refractivity contribution in [1.82, 2.24) is 4.90 Å². The number of imide groups is 1. The minimum atomic E-state index is -0.990. The smallest absolute Gasteiger partial charge is 0.328 e. The van der Waals surface area contributed by atoms with E-state index in [2.05, 4.69) is 27.3 Å². The van der Waals surface area contributed by atoms with Gasteiger partial charge in [-0.05, 0) is 82.7 Å². The Morgan fingerprint density at radius 1 is 1.23 bits per heavy atom. The normalized spacial score (nSPS) is 16.1. The number of carbonyl (C=O) groups excluding carboxylic acids is 3. The van der Waals surface area contributed by atoms with Crippen molar-refractivity contribution < 1.29 is 28.2 Å². The zero-order valence-corrected chi connectivity index (χ0v) is 19.0. The Kier molecular flexibility index (Phi) is 7.14. The third kappa shape index (κ3) is 5.01. The van der Waals surface area contributed by atoms with Gasteiger partial charge in [-0.1, -0.05) is 18.2 Å². The van der Waals surface area contributed by atoms with Crippen molar-refractivity contribution >= 4 is 57.5 Å². The van der Waals surface area contributed by atoms with Gasteiger partial charge < -0.3 is 9.47 Å². The lowest BCUT2D eigenvalue weighted by atomic mass is 10.2. The molecule has 0 unspecified atom stereocenters. The van der Waals surface area contributed by atoms with E-state index >= 15 is 0 Å². The highest BCUT2D eigenvalue weighted by Gasteiger charge is 2.41. The summed E-state index contributed by atoms with van der Waals surface area (Å²) in [5, 5.41) is -0.516. The van der Waals surface area contributed by atoms with Crippen molar-refractivity contribution in [3.63, 3.8) is 0 Å². The minimum Gasteiger partial charge on any atom is -0.488 e. The van der Waals surface area contributed by atoms with Crippen LogP contribution in [0, 0.1) is 9.39 Å². The van der Waals surface area contributed by atoms with Crippen LogP contribution in [-0.2, 0) is 20.9 Å². The summed E-state index contributed by atoms with van der Waals surface area (Å²) in [5.41, 5.74) is 1.55. The fourth-order valence-corrected chi connectivity index (χ4v) is 4.31. The Balaban J connectivity index is 1.72. The highest BCUT2D eigenvalue weighted by Crippen LogP contribution is 2.34. The van der Waals surface area contributed by atoms with Crippen LogP contribution in [0.25, 0.3) is 6.08 Å². The van der Waals surface area contributed by atoms with Gasteiger partial charge in [0, 0.05) is 0 Å². The third-order valence-electron chi connectivity index (χ3n) is 4.31. The number of hydrogen-bond donors (Lipinski definition) is 0. The van der Waals surface area contributed by atoms with Crippen LogP contribution >= 0.6 is 34.4 Å². The van der Waals surface area contributed by atoms with Crippen LogP contribution in [0.3, 0.4) is 0 Å². The third-order valence-corrected chi connectivity index (χ3v) is 6.04. The number of methoxy groups -OCH3 is 1. The summed E-state index contributed by atoms with van der Waals surface area (Å²) in [4.78, 5) is 37.6. The minimum absolute atomic E-state index is 0.228. The second-order valence-electron chi connectivity index (χ2n) is 6.36. The molecule has 3 rings (SSSR count). The summed E-state index contributed by atoms with van der Waals surface area (Å²) in [6.45, 7) is 1.74. The first-order valence-electron chi connectivity index (χ1n) is 8.82. The average Bonchev–Trinajstić information content (AvgIpc) is 3.00. The van der Waals surface area contributed by atoms with Crippen molar-refractivity contribution in [3.8, 4) is 5.75 Å². The SMILES string of the molecule is COC(=O)[C@@H](C)N1C(=O)S/C(=C/c2ccc(OCc3ccc(F)cc3)c(I)c2)C1=O. The van der Waals surface area contributed by atoms with Crippen molar-refractivity contribution in [2.45, 2.75) is 19.6 Å². The predicted octanol–water partition coefficient (Wildman–Crippen LogP) is 4.61. The topological polar surface area (TPSA) is 72.9 Å². The number of carbonyl (C=O) groups is 3. The Bertz CT molecular complexity index is 1020. The molecule has 6 nitrogen and oxygen atoms in total. The van der Waals surface area contributed by atoms with Gasteiger partial charge in [0.2, 0.25) is 0 Å². The van der Waals surface area contributed by atoms with Crippen molar-refractivity contribution in [3.05, 3.63) is 67.9 Å². The zero-order chi connectivity index (χ0) is 21.8. The number of nitrogens with zero attached hydrogens (tertiary/aromatic N) is 1. The Morgan fingerprint density at radius 2 is 1.93 bits per heavy atom. The van der Waals surface area contributed by atoms with E-state index < -0.39 is 23.2 Å². The van der Waals surface area contributed by atoms with Crippen molar-refractivity contribution in [1.29, 1.82) is 0 Å². The van der Waals surface area contributed by atoms with Crippen LogP contribution in [0.15, 0.2) is 47.4 Å². The summed E-state index contributed by atoms with van der Waals surface area (Å²) in [5.74, 6) is -0.849. The maximum atomic E-state index is 13.0. The second kappa shape index (κ2) is 9.61. The lowest BCUT2D eigenvalue weighted by Gasteiger charge is -2.18. The fraction of sp³-hybridized carbons (Fsp3) is 0.190. The molecule has 2 aromatic carbocycles. The first-order chi connectivity index (χ1) is 14.3. The molecule has 0 spiro atoms. The number of benzene rings is 2. The molecule has 30 heavy (non-hydrogen) atoms. The van der Waals surface area contributed by atoms with E-state index in [9.17, 15) is 18.8 Å². The predicted molar refractivity (Wildman–Crippen MR) is 119 cm³/mol. The van der Waals surface area contributed by atoms with Crippen LogP contribution in [0.5, 0.6) is 5.75 Å². The lowest BCUT2D eigenvalue weighted by molar-refractivity contribution is -0.148. The van der Waals surface area contributed by atoms with Gasteiger partial charge in [-0.15, -0.1) is 0 Å². The van der Waals surface area contributed by atoms with E-state index in [1.807, 2.05) is 6.07 Å². The molecule has 2 aromatic rings. The fourth-order valence-electron chi connectivity index (χ4n) is 2.71. The molecule has 2 amide bonds. The first kappa shape index (κ1) is 22.3. The average molecular weight is 541 g/mol. The highest BCUT2D eigenvalue weighted by molar-refractivity contribution is 14.1. The van der Waals surface area contributed by atoms with Gasteiger partial charge in [0.1, 0.15) is 24.2 Å². The number of thioether (sulfide) groups is 1.